The van der Waals surface area contributed by atoms with Crippen molar-refractivity contribution in [3.05, 3.63) is 77.0 Å². The lowest BCUT2D eigenvalue weighted by molar-refractivity contribution is -0.130. The van der Waals surface area contributed by atoms with Crippen LogP contribution in [0.2, 0.25) is 0 Å². The summed E-state index contributed by atoms with van der Waals surface area (Å²) in [7, 11) is 0. The summed E-state index contributed by atoms with van der Waals surface area (Å²) >= 11 is 0. The Morgan fingerprint density at radius 3 is 2.63 bits per heavy atom. The Labute approximate surface area is 159 Å². The van der Waals surface area contributed by atoms with Crippen LogP contribution in [0.25, 0.3) is 6.08 Å². The van der Waals surface area contributed by atoms with E-state index in [1.54, 1.807) is 18.0 Å². The molecular formula is C23H24N2O2. The van der Waals surface area contributed by atoms with Gasteiger partial charge in [0.05, 0.1) is 18.5 Å². The molecule has 0 aromatic heterocycles. The maximum Gasteiger partial charge on any atom is 0.223 e. The Balaban J connectivity index is 1.54. The van der Waals surface area contributed by atoms with Crippen LogP contribution in [0.3, 0.4) is 0 Å². The van der Waals surface area contributed by atoms with E-state index in [0.29, 0.717) is 0 Å². The van der Waals surface area contributed by atoms with Crippen molar-refractivity contribution in [3.63, 3.8) is 0 Å². The van der Waals surface area contributed by atoms with E-state index in [0.717, 1.165) is 30.4 Å². The fraction of sp³-hybridized carbons (Fsp3) is 0.304. The molecule has 0 unspecified atom stereocenters. The van der Waals surface area contributed by atoms with Gasteiger partial charge in [0, 0.05) is 13.1 Å². The van der Waals surface area contributed by atoms with Gasteiger partial charge in [0.1, 0.15) is 0 Å². The first-order valence-electron chi connectivity index (χ1n) is 9.56. The van der Waals surface area contributed by atoms with Crippen LogP contribution in [0.5, 0.6) is 0 Å². The maximum atomic E-state index is 12.9. The minimum atomic E-state index is -0.262. The molecule has 0 radical (unpaired) electrons. The van der Waals surface area contributed by atoms with Gasteiger partial charge in [-0.1, -0.05) is 48.5 Å². The number of rotatable bonds is 3. The molecule has 138 valence electrons. The van der Waals surface area contributed by atoms with Crippen LogP contribution in [-0.4, -0.2) is 16.7 Å². The molecule has 4 nitrogen and oxygen atoms in total. The number of amides is 2. The molecule has 0 fully saturated rings. The van der Waals surface area contributed by atoms with Crippen molar-refractivity contribution in [2.24, 2.45) is 0 Å². The second-order valence-corrected chi connectivity index (χ2v) is 7.30. The molecule has 4 heteroatoms. The van der Waals surface area contributed by atoms with Gasteiger partial charge in [-0.2, -0.15) is 0 Å². The SMILES string of the molecule is CC(=O)N1C=Cc2ccccc2[C@H]1CC(=O)N[C@H]1CCCc2ccccc21. The van der Waals surface area contributed by atoms with Gasteiger partial charge in [-0.15, -0.1) is 0 Å². The molecule has 0 saturated heterocycles. The summed E-state index contributed by atoms with van der Waals surface area (Å²) in [5.41, 5.74) is 4.64. The van der Waals surface area contributed by atoms with Gasteiger partial charge < -0.3 is 10.2 Å². The number of nitrogens with one attached hydrogen (secondary N) is 1. The highest BCUT2D eigenvalue weighted by Gasteiger charge is 2.29. The van der Waals surface area contributed by atoms with E-state index in [2.05, 4.69) is 23.5 Å². The molecule has 1 N–H and O–H groups in total. The molecule has 1 aliphatic heterocycles. The van der Waals surface area contributed by atoms with Crippen molar-refractivity contribution in [3.8, 4) is 0 Å². The highest BCUT2D eigenvalue weighted by atomic mass is 16.2. The number of carbonyl (C=O) groups excluding carboxylic acids is 2. The lowest BCUT2D eigenvalue weighted by Crippen LogP contribution is -2.37. The average molecular weight is 360 g/mol. The van der Waals surface area contributed by atoms with Crippen molar-refractivity contribution in [1.82, 2.24) is 10.2 Å². The number of nitrogens with zero attached hydrogens (tertiary/aromatic N) is 1. The van der Waals surface area contributed by atoms with E-state index in [9.17, 15) is 9.59 Å². The third-order valence-electron chi connectivity index (χ3n) is 5.55. The third kappa shape index (κ3) is 3.52. The summed E-state index contributed by atoms with van der Waals surface area (Å²) in [6, 6.07) is 16.1. The van der Waals surface area contributed by atoms with Crippen molar-refractivity contribution in [1.29, 1.82) is 0 Å². The topological polar surface area (TPSA) is 49.4 Å². The third-order valence-corrected chi connectivity index (χ3v) is 5.55. The number of aryl methyl sites for hydroxylation is 1. The summed E-state index contributed by atoms with van der Waals surface area (Å²) in [6.45, 7) is 1.54. The van der Waals surface area contributed by atoms with E-state index < -0.39 is 0 Å². The second kappa shape index (κ2) is 7.39. The fourth-order valence-electron chi connectivity index (χ4n) is 4.25. The molecule has 2 aromatic rings. The molecule has 2 atom stereocenters. The minimum Gasteiger partial charge on any atom is -0.349 e. The lowest BCUT2D eigenvalue weighted by Gasteiger charge is -2.33. The largest absolute Gasteiger partial charge is 0.349 e. The summed E-state index contributed by atoms with van der Waals surface area (Å²) in [5, 5.41) is 3.21. The van der Waals surface area contributed by atoms with E-state index in [1.165, 1.54) is 11.1 Å². The van der Waals surface area contributed by atoms with Crippen LogP contribution < -0.4 is 5.32 Å². The van der Waals surface area contributed by atoms with Crippen LogP contribution in [0.4, 0.5) is 0 Å². The van der Waals surface area contributed by atoms with E-state index in [4.69, 9.17) is 0 Å². The highest BCUT2D eigenvalue weighted by Crippen LogP contribution is 2.34. The number of hydrogen-bond donors (Lipinski definition) is 1. The standard InChI is InChI=1S/C23H24N2O2/c1-16(26)25-14-13-18-8-3-5-11-20(18)22(25)15-23(27)24-21-12-6-9-17-7-2-4-10-19(17)21/h2-5,7-8,10-11,13-14,21-22H,6,9,12,15H2,1H3,(H,24,27)/t21-,22+/m0/s1. The van der Waals surface area contributed by atoms with Crippen LogP contribution in [0.15, 0.2) is 54.7 Å². The molecule has 1 aliphatic carbocycles. The Hall–Kier alpha value is -2.88. The molecule has 27 heavy (non-hydrogen) atoms. The fourth-order valence-corrected chi connectivity index (χ4v) is 4.25. The summed E-state index contributed by atoms with van der Waals surface area (Å²) in [5.74, 6) is -0.0698. The molecule has 0 spiro atoms. The molecular weight excluding hydrogens is 336 g/mol. The van der Waals surface area contributed by atoms with Gasteiger partial charge in [0.2, 0.25) is 11.8 Å². The minimum absolute atomic E-state index is 0.0157. The first kappa shape index (κ1) is 17.5. The predicted molar refractivity (Wildman–Crippen MR) is 106 cm³/mol. The first-order valence-corrected chi connectivity index (χ1v) is 9.56. The van der Waals surface area contributed by atoms with Crippen molar-refractivity contribution in [2.45, 2.75) is 44.7 Å². The quantitative estimate of drug-likeness (QED) is 0.894. The number of carbonyl (C=O) groups is 2. The molecule has 0 saturated carbocycles. The number of hydrogen-bond acceptors (Lipinski definition) is 2. The smallest absolute Gasteiger partial charge is 0.223 e. The summed E-state index contributed by atoms with van der Waals surface area (Å²) < 4.78 is 0. The maximum absolute atomic E-state index is 12.9. The van der Waals surface area contributed by atoms with Crippen LogP contribution in [0, 0.1) is 0 Å². The Kier molecular flexibility index (Phi) is 4.80. The molecule has 2 amide bonds. The van der Waals surface area contributed by atoms with Gasteiger partial charge in [0.15, 0.2) is 0 Å². The van der Waals surface area contributed by atoms with Gasteiger partial charge in [0.25, 0.3) is 0 Å². The monoisotopic (exact) mass is 360 g/mol. The Bertz CT molecular complexity index is 903. The van der Waals surface area contributed by atoms with E-state index in [1.807, 2.05) is 36.4 Å². The highest BCUT2D eigenvalue weighted by molar-refractivity contribution is 5.82. The summed E-state index contributed by atoms with van der Waals surface area (Å²) in [6.07, 6.45) is 7.10. The van der Waals surface area contributed by atoms with Crippen molar-refractivity contribution < 1.29 is 9.59 Å². The van der Waals surface area contributed by atoms with Gasteiger partial charge in [-0.05, 0) is 47.6 Å². The van der Waals surface area contributed by atoms with Gasteiger partial charge in [-0.25, -0.2) is 0 Å². The van der Waals surface area contributed by atoms with Gasteiger partial charge in [-0.3, -0.25) is 9.59 Å². The first-order chi connectivity index (χ1) is 13.1. The Morgan fingerprint density at radius 1 is 1.07 bits per heavy atom. The summed E-state index contributed by atoms with van der Waals surface area (Å²) in [4.78, 5) is 26.7. The van der Waals surface area contributed by atoms with Crippen LogP contribution in [0.1, 0.15) is 60.5 Å². The van der Waals surface area contributed by atoms with Crippen LogP contribution in [-0.2, 0) is 16.0 Å². The molecule has 4 rings (SSSR count). The molecule has 2 aromatic carbocycles. The predicted octanol–water partition coefficient (Wildman–Crippen LogP) is 4.14. The Morgan fingerprint density at radius 2 is 1.81 bits per heavy atom. The van der Waals surface area contributed by atoms with Crippen molar-refractivity contribution in [2.75, 3.05) is 0 Å². The van der Waals surface area contributed by atoms with E-state index in [-0.39, 0.29) is 30.3 Å². The van der Waals surface area contributed by atoms with Crippen LogP contribution >= 0.6 is 0 Å². The zero-order valence-electron chi connectivity index (χ0n) is 15.5. The normalized spacial score (nSPS) is 20.6. The molecule has 1 heterocycles. The molecule has 2 aliphatic rings. The zero-order valence-corrected chi connectivity index (χ0v) is 15.5. The van der Waals surface area contributed by atoms with Gasteiger partial charge >= 0.3 is 0 Å². The van der Waals surface area contributed by atoms with E-state index >= 15 is 0 Å². The average Bonchev–Trinajstić information content (AvgIpc) is 2.68. The number of fused-ring (bicyclic) bond motifs is 2. The second-order valence-electron chi connectivity index (χ2n) is 7.30. The van der Waals surface area contributed by atoms with Crippen molar-refractivity contribution >= 4 is 17.9 Å². The lowest BCUT2D eigenvalue weighted by atomic mass is 9.87. The molecule has 0 bridgehead atoms. The zero-order chi connectivity index (χ0) is 18.8. The number of benzene rings is 2.